The lowest BCUT2D eigenvalue weighted by Crippen LogP contribution is -2.50. The number of carbonyl (C=O) groups is 2. The molecule has 0 saturated carbocycles. The molecule has 1 N–H and O–H groups in total. The van der Waals surface area contributed by atoms with E-state index in [1.807, 2.05) is 22.4 Å². The number of halogens is 2. The van der Waals surface area contributed by atoms with E-state index in [2.05, 4.69) is 5.32 Å². The standard InChI is InChI=1S/C17H17ClFN3O2S/c18-12-3-4-14(13(19)10-12)20-16(23)11-21-5-7-22(8-6-21)17(24)15-2-1-9-25-15/h1-4,9-10H,5-8,11H2,(H,20,23). The first-order valence-corrected chi connectivity index (χ1v) is 9.09. The second kappa shape index (κ2) is 7.95. The number of rotatable bonds is 4. The molecule has 1 saturated heterocycles. The first-order valence-electron chi connectivity index (χ1n) is 7.83. The number of hydrogen-bond acceptors (Lipinski definition) is 4. The van der Waals surface area contributed by atoms with Crippen LogP contribution < -0.4 is 5.32 Å². The fourth-order valence-corrected chi connectivity index (χ4v) is 3.50. The van der Waals surface area contributed by atoms with Gasteiger partial charge in [0.2, 0.25) is 5.91 Å². The number of carbonyl (C=O) groups excluding carboxylic acids is 2. The minimum absolute atomic E-state index is 0.0299. The van der Waals surface area contributed by atoms with Crippen molar-refractivity contribution in [3.05, 3.63) is 51.4 Å². The lowest BCUT2D eigenvalue weighted by Gasteiger charge is -2.34. The number of hydrogen-bond donors (Lipinski definition) is 1. The number of nitrogens with zero attached hydrogens (tertiary/aromatic N) is 2. The zero-order valence-electron chi connectivity index (χ0n) is 13.4. The Morgan fingerprint density at radius 2 is 1.96 bits per heavy atom. The van der Waals surface area contributed by atoms with Crippen molar-refractivity contribution in [2.75, 3.05) is 38.0 Å². The van der Waals surface area contributed by atoms with Gasteiger partial charge in [-0.05, 0) is 29.6 Å². The molecule has 5 nitrogen and oxygen atoms in total. The van der Waals surface area contributed by atoms with Crippen molar-refractivity contribution in [1.29, 1.82) is 0 Å². The number of piperazine rings is 1. The van der Waals surface area contributed by atoms with Crippen molar-refractivity contribution in [3.63, 3.8) is 0 Å². The Morgan fingerprint density at radius 3 is 2.60 bits per heavy atom. The summed E-state index contributed by atoms with van der Waals surface area (Å²) < 4.78 is 13.7. The summed E-state index contributed by atoms with van der Waals surface area (Å²) in [6.07, 6.45) is 0. The summed E-state index contributed by atoms with van der Waals surface area (Å²) in [5, 5.41) is 4.71. The zero-order chi connectivity index (χ0) is 17.8. The summed E-state index contributed by atoms with van der Waals surface area (Å²) >= 11 is 7.12. The summed E-state index contributed by atoms with van der Waals surface area (Å²) in [5.41, 5.74) is 0.112. The van der Waals surface area contributed by atoms with Crippen molar-refractivity contribution >= 4 is 40.4 Å². The van der Waals surface area contributed by atoms with Gasteiger partial charge in [-0.2, -0.15) is 0 Å². The molecule has 3 rings (SSSR count). The van der Waals surface area contributed by atoms with Gasteiger partial charge in [0.1, 0.15) is 5.82 Å². The van der Waals surface area contributed by atoms with Crippen molar-refractivity contribution in [3.8, 4) is 0 Å². The molecule has 0 atom stereocenters. The Morgan fingerprint density at radius 1 is 1.20 bits per heavy atom. The highest BCUT2D eigenvalue weighted by atomic mass is 35.5. The van der Waals surface area contributed by atoms with Crippen molar-refractivity contribution < 1.29 is 14.0 Å². The molecule has 1 aromatic heterocycles. The van der Waals surface area contributed by atoms with E-state index < -0.39 is 5.82 Å². The molecule has 25 heavy (non-hydrogen) atoms. The van der Waals surface area contributed by atoms with E-state index in [-0.39, 0.29) is 29.1 Å². The molecule has 0 bridgehead atoms. The second-order valence-electron chi connectivity index (χ2n) is 5.72. The van der Waals surface area contributed by atoms with E-state index in [9.17, 15) is 14.0 Å². The largest absolute Gasteiger partial charge is 0.335 e. The predicted molar refractivity (Wildman–Crippen MR) is 96.7 cm³/mol. The van der Waals surface area contributed by atoms with E-state index in [1.165, 1.54) is 23.5 Å². The molecule has 1 aliphatic heterocycles. The van der Waals surface area contributed by atoms with Crippen LogP contribution >= 0.6 is 22.9 Å². The van der Waals surface area contributed by atoms with Crippen LogP contribution in [0.25, 0.3) is 0 Å². The van der Waals surface area contributed by atoms with E-state index in [1.54, 1.807) is 4.90 Å². The summed E-state index contributed by atoms with van der Waals surface area (Å²) in [7, 11) is 0. The van der Waals surface area contributed by atoms with Crippen LogP contribution in [0.2, 0.25) is 5.02 Å². The number of amides is 2. The molecule has 2 aromatic rings. The third-order valence-corrected chi connectivity index (χ3v) is 5.06. The van der Waals surface area contributed by atoms with E-state index >= 15 is 0 Å². The lowest BCUT2D eigenvalue weighted by atomic mass is 10.2. The molecule has 1 fully saturated rings. The van der Waals surface area contributed by atoms with Gasteiger partial charge in [-0.25, -0.2) is 4.39 Å². The maximum atomic E-state index is 13.7. The Balaban J connectivity index is 1.48. The van der Waals surface area contributed by atoms with Crippen LogP contribution in [0.4, 0.5) is 10.1 Å². The summed E-state index contributed by atoms with van der Waals surface area (Å²) in [6.45, 7) is 2.50. The fraction of sp³-hybridized carbons (Fsp3) is 0.294. The van der Waals surface area contributed by atoms with Crippen molar-refractivity contribution in [2.45, 2.75) is 0 Å². The first kappa shape index (κ1) is 17.8. The summed E-state index contributed by atoms with van der Waals surface area (Å²) in [5.74, 6) is -0.825. The molecule has 2 heterocycles. The third kappa shape index (κ3) is 4.56. The Kier molecular flexibility index (Phi) is 5.67. The molecule has 0 spiro atoms. The van der Waals surface area contributed by atoms with Gasteiger partial charge in [0.05, 0.1) is 17.1 Å². The van der Waals surface area contributed by atoms with Crippen LogP contribution in [0.5, 0.6) is 0 Å². The number of anilines is 1. The molecule has 1 aromatic carbocycles. The summed E-state index contributed by atoms with van der Waals surface area (Å²) in [4.78, 5) is 28.8. The quantitative estimate of drug-likeness (QED) is 0.885. The maximum Gasteiger partial charge on any atom is 0.264 e. The average Bonchev–Trinajstić information content (AvgIpc) is 3.12. The van der Waals surface area contributed by atoms with Gasteiger partial charge in [-0.1, -0.05) is 17.7 Å². The Bertz CT molecular complexity index is 761. The second-order valence-corrected chi connectivity index (χ2v) is 7.10. The Hall–Kier alpha value is -1.96. The molecule has 0 unspecified atom stereocenters. The minimum atomic E-state index is -0.563. The van der Waals surface area contributed by atoms with Gasteiger partial charge in [0, 0.05) is 31.2 Å². The normalized spacial score (nSPS) is 15.2. The zero-order valence-corrected chi connectivity index (χ0v) is 14.9. The molecule has 1 aliphatic rings. The van der Waals surface area contributed by atoms with E-state index in [0.29, 0.717) is 26.2 Å². The topological polar surface area (TPSA) is 52.7 Å². The Labute approximate surface area is 154 Å². The number of benzene rings is 1. The predicted octanol–water partition coefficient (Wildman–Crippen LogP) is 2.94. The van der Waals surface area contributed by atoms with Crippen LogP contribution in [-0.2, 0) is 4.79 Å². The SMILES string of the molecule is O=C(CN1CCN(C(=O)c2cccs2)CC1)Nc1ccc(Cl)cc1F. The van der Waals surface area contributed by atoms with Gasteiger partial charge in [-0.15, -0.1) is 11.3 Å². The monoisotopic (exact) mass is 381 g/mol. The fourth-order valence-electron chi connectivity index (χ4n) is 2.65. The van der Waals surface area contributed by atoms with Crippen molar-refractivity contribution in [1.82, 2.24) is 9.80 Å². The van der Waals surface area contributed by atoms with Crippen LogP contribution in [0, 0.1) is 5.82 Å². The van der Waals surface area contributed by atoms with Gasteiger partial charge in [-0.3, -0.25) is 14.5 Å². The lowest BCUT2D eigenvalue weighted by molar-refractivity contribution is -0.117. The molecular weight excluding hydrogens is 365 g/mol. The average molecular weight is 382 g/mol. The third-order valence-electron chi connectivity index (χ3n) is 3.96. The molecule has 8 heteroatoms. The molecular formula is C17H17ClFN3O2S. The van der Waals surface area contributed by atoms with Crippen molar-refractivity contribution in [2.24, 2.45) is 0 Å². The highest BCUT2D eigenvalue weighted by Crippen LogP contribution is 2.19. The summed E-state index contributed by atoms with van der Waals surface area (Å²) in [6, 6.07) is 7.79. The molecule has 0 radical (unpaired) electrons. The van der Waals surface area contributed by atoms with E-state index in [0.717, 1.165) is 10.9 Å². The van der Waals surface area contributed by atoms with E-state index in [4.69, 9.17) is 11.6 Å². The minimum Gasteiger partial charge on any atom is -0.335 e. The van der Waals surface area contributed by atoms with Crippen LogP contribution in [0.1, 0.15) is 9.67 Å². The van der Waals surface area contributed by atoms with Crippen LogP contribution in [0.3, 0.4) is 0 Å². The smallest absolute Gasteiger partial charge is 0.264 e. The highest BCUT2D eigenvalue weighted by molar-refractivity contribution is 7.12. The molecule has 132 valence electrons. The number of nitrogens with one attached hydrogen (secondary N) is 1. The van der Waals surface area contributed by atoms with Gasteiger partial charge < -0.3 is 10.2 Å². The highest BCUT2D eigenvalue weighted by Gasteiger charge is 2.23. The number of thiophene rings is 1. The van der Waals surface area contributed by atoms with Crippen LogP contribution in [0.15, 0.2) is 35.7 Å². The van der Waals surface area contributed by atoms with Gasteiger partial charge >= 0.3 is 0 Å². The first-order chi connectivity index (χ1) is 12.0. The molecule has 2 amide bonds. The van der Waals surface area contributed by atoms with Gasteiger partial charge in [0.25, 0.3) is 5.91 Å². The molecule has 0 aliphatic carbocycles. The van der Waals surface area contributed by atoms with Crippen LogP contribution in [-0.4, -0.2) is 54.3 Å². The maximum absolute atomic E-state index is 13.7. The van der Waals surface area contributed by atoms with Gasteiger partial charge in [0.15, 0.2) is 0 Å².